The number of fused-ring (bicyclic) bond motifs is 1. The molecule has 0 aliphatic carbocycles. The van der Waals surface area contributed by atoms with Gasteiger partial charge in [0.05, 0.1) is 12.3 Å². The highest BCUT2D eigenvalue weighted by molar-refractivity contribution is 5.89. The summed E-state index contributed by atoms with van der Waals surface area (Å²) in [4.78, 5) is 26.7. The Balaban J connectivity index is 1.31. The molecule has 2 atom stereocenters. The SMILES string of the molecule is C[C@H]1CN(C(=O)Cc2c[nH]c3ccccc23)C[C@@H]1c1nc(-c2cccnc2)no1. The van der Waals surface area contributed by atoms with E-state index in [1.807, 2.05) is 47.5 Å². The van der Waals surface area contributed by atoms with E-state index in [-0.39, 0.29) is 17.7 Å². The highest BCUT2D eigenvalue weighted by atomic mass is 16.5. The molecule has 4 heterocycles. The number of hydrogen-bond donors (Lipinski definition) is 1. The van der Waals surface area contributed by atoms with Crippen LogP contribution in [0.15, 0.2) is 59.5 Å². The summed E-state index contributed by atoms with van der Waals surface area (Å²) in [6.45, 7) is 3.41. The summed E-state index contributed by atoms with van der Waals surface area (Å²) >= 11 is 0. The fraction of sp³-hybridized carbons (Fsp3) is 0.273. The molecule has 7 nitrogen and oxygen atoms in total. The zero-order valence-corrected chi connectivity index (χ0v) is 16.1. The molecule has 0 bridgehead atoms. The maximum atomic E-state index is 12.9. The van der Waals surface area contributed by atoms with E-state index < -0.39 is 0 Å². The average molecular weight is 387 g/mol. The fourth-order valence-electron chi connectivity index (χ4n) is 4.04. The number of H-pyrrole nitrogens is 1. The topological polar surface area (TPSA) is 87.9 Å². The lowest BCUT2D eigenvalue weighted by Crippen LogP contribution is -2.30. The number of nitrogens with one attached hydrogen (secondary N) is 1. The summed E-state index contributed by atoms with van der Waals surface area (Å²) < 4.78 is 5.53. The Morgan fingerprint density at radius 1 is 1.24 bits per heavy atom. The molecule has 29 heavy (non-hydrogen) atoms. The molecule has 1 amide bonds. The van der Waals surface area contributed by atoms with Gasteiger partial charge in [0.1, 0.15) is 0 Å². The summed E-state index contributed by atoms with van der Waals surface area (Å²) in [7, 11) is 0. The molecular weight excluding hydrogens is 366 g/mol. The van der Waals surface area contributed by atoms with Crippen LogP contribution in [-0.2, 0) is 11.2 Å². The summed E-state index contributed by atoms with van der Waals surface area (Å²) in [5.41, 5.74) is 2.90. The van der Waals surface area contributed by atoms with Crippen LogP contribution in [0.2, 0.25) is 0 Å². The lowest BCUT2D eigenvalue weighted by atomic mass is 9.98. The Labute approximate surface area is 167 Å². The summed E-state index contributed by atoms with van der Waals surface area (Å²) in [6, 6.07) is 11.8. The van der Waals surface area contributed by atoms with Gasteiger partial charge in [0.2, 0.25) is 17.6 Å². The minimum Gasteiger partial charge on any atom is -0.361 e. The molecular formula is C22H21N5O2. The summed E-state index contributed by atoms with van der Waals surface area (Å²) in [6.07, 6.45) is 5.73. The minimum absolute atomic E-state index is 0.0415. The van der Waals surface area contributed by atoms with Crippen LogP contribution >= 0.6 is 0 Å². The summed E-state index contributed by atoms with van der Waals surface area (Å²) in [5.74, 6) is 1.53. The van der Waals surface area contributed by atoms with Gasteiger partial charge in [-0.15, -0.1) is 0 Å². The van der Waals surface area contributed by atoms with Crippen LogP contribution < -0.4 is 0 Å². The van der Waals surface area contributed by atoms with Crippen LogP contribution in [0, 0.1) is 5.92 Å². The quantitative estimate of drug-likeness (QED) is 0.580. The lowest BCUT2D eigenvalue weighted by Gasteiger charge is -2.15. The van der Waals surface area contributed by atoms with E-state index >= 15 is 0 Å². The number of rotatable bonds is 4. The van der Waals surface area contributed by atoms with E-state index in [0.29, 0.717) is 31.2 Å². The van der Waals surface area contributed by atoms with Crippen LogP contribution in [0.1, 0.15) is 24.3 Å². The second-order valence-electron chi connectivity index (χ2n) is 7.62. The molecule has 0 spiro atoms. The van der Waals surface area contributed by atoms with Crippen molar-refractivity contribution in [1.29, 1.82) is 0 Å². The van der Waals surface area contributed by atoms with Crippen molar-refractivity contribution in [2.45, 2.75) is 19.3 Å². The maximum Gasteiger partial charge on any atom is 0.232 e. The zero-order valence-electron chi connectivity index (χ0n) is 16.1. The van der Waals surface area contributed by atoms with Crippen LogP contribution in [0.25, 0.3) is 22.3 Å². The number of benzene rings is 1. The number of para-hydroxylation sites is 1. The number of aromatic nitrogens is 4. The smallest absolute Gasteiger partial charge is 0.232 e. The van der Waals surface area contributed by atoms with Crippen molar-refractivity contribution in [1.82, 2.24) is 25.0 Å². The molecule has 5 rings (SSSR count). The van der Waals surface area contributed by atoms with E-state index in [0.717, 1.165) is 22.0 Å². The minimum atomic E-state index is 0.0415. The van der Waals surface area contributed by atoms with Gasteiger partial charge in [0, 0.05) is 48.1 Å². The molecule has 0 radical (unpaired) electrons. The third-order valence-corrected chi connectivity index (χ3v) is 5.66. The molecule has 146 valence electrons. The van der Waals surface area contributed by atoms with Crippen LogP contribution in [0.3, 0.4) is 0 Å². The Morgan fingerprint density at radius 3 is 3.00 bits per heavy atom. The molecule has 3 aromatic heterocycles. The molecule has 1 aliphatic heterocycles. The van der Waals surface area contributed by atoms with Crippen molar-refractivity contribution in [3.8, 4) is 11.4 Å². The van der Waals surface area contributed by atoms with E-state index in [4.69, 9.17) is 4.52 Å². The Kier molecular flexibility index (Phi) is 4.35. The van der Waals surface area contributed by atoms with E-state index in [9.17, 15) is 4.79 Å². The van der Waals surface area contributed by atoms with Gasteiger partial charge in [-0.05, 0) is 29.7 Å². The summed E-state index contributed by atoms with van der Waals surface area (Å²) in [5, 5.41) is 5.20. The first-order valence-electron chi connectivity index (χ1n) is 9.76. The number of pyridine rings is 1. The predicted octanol–water partition coefficient (Wildman–Crippen LogP) is 3.42. The van der Waals surface area contributed by atoms with E-state index in [2.05, 4.69) is 27.0 Å². The first kappa shape index (κ1) is 17.6. The maximum absolute atomic E-state index is 12.9. The van der Waals surface area contributed by atoms with Gasteiger partial charge in [-0.2, -0.15) is 4.98 Å². The van der Waals surface area contributed by atoms with Gasteiger partial charge in [0.15, 0.2) is 0 Å². The monoisotopic (exact) mass is 387 g/mol. The van der Waals surface area contributed by atoms with Crippen molar-refractivity contribution in [3.05, 3.63) is 66.4 Å². The molecule has 1 aliphatic rings. The Bertz CT molecular complexity index is 1150. The number of carbonyl (C=O) groups excluding carboxylic acids is 1. The number of hydrogen-bond acceptors (Lipinski definition) is 5. The Morgan fingerprint density at radius 2 is 2.14 bits per heavy atom. The van der Waals surface area contributed by atoms with Gasteiger partial charge >= 0.3 is 0 Å². The highest BCUT2D eigenvalue weighted by Crippen LogP contribution is 2.33. The predicted molar refractivity (Wildman–Crippen MR) is 108 cm³/mol. The molecule has 1 fully saturated rings. The fourth-order valence-corrected chi connectivity index (χ4v) is 4.04. The van der Waals surface area contributed by atoms with Crippen LogP contribution in [-0.4, -0.2) is 44.0 Å². The molecule has 1 saturated heterocycles. The molecule has 7 heteroatoms. The number of nitrogens with zero attached hydrogens (tertiary/aromatic N) is 4. The van der Waals surface area contributed by atoms with Gasteiger partial charge in [-0.25, -0.2) is 0 Å². The van der Waals surface area contributed by atoms with Crippen molar-refractivity contribution in [3.63, 3.8) is 0 Å². The second kappa shape index (κ2) is 7.16. The average Bonchev–Trinajstić information content (AvgIpc) is 3.47. The van der Waals surface area contributed by atoms with E-state index in [1.165, 1.54) is 0 Å². The second-order valence-corrected chi connectivity index (χ2v) is 7.62. The number of carbonyl (C=O) groups is 1. The molecule has 0 unspecified atom stereocenters. The van der Waals surface area contributed by atoms with Crippen LogP contribution in [0.5, 0.6) is 0 Å². The number of amides is 1. The molecule has 0 saturated carbocycles. The van der Waals surface area contributed by atoms with Crippen molar-refractivity contribution < 1.29 is 9.32 Å². The largest absolute Gasteiger partial charge is 0.361 e. The first-order chi connectivity index (χ1) is 14.2. The molecule has 4 aromatic rings. The number of aromatic amines is 1. The lowest BCUT2D eigenvalue weighted by molar-refractivity contribution is -0.129. The third kappa shape index (κ3) is 3.29. The zero-order chi connectivity index (χ0) is 19.8. The van der Waals surface area contributed by atoms with Gasteiger partial charge in [-0.1, -0.05) is 30.3 Å². The normalized spacial score (nSPS) is 19.1. The van der Waals surface area contributed by atoms with E-state index in [1.54, 1.807) is 12.4 Å². The standard InChI is InChI=1S/C22H21N5O2/c1-14-12-27(20(28)9-16-11-24-19-7-3-2-6-17(16)19)13-18(14)22-25-21(26-29-22)15-5-4-8-23-10-15/h2-8,10-11,14,18,24H,9,12-13H2,1H3/t14-,18-/m0/s1. The first-order valence-corrected chi connectivity index (χ1v) is 9.76. The van der Waals surface area contributed by atoms with Gasteiger partial charge in [0.25, 0.3) is 0 Å². The highest BCUT2D eigenvalue weighted by Gasteiger charge is 2.37. The molecule has 1 N–H and O–H groups in total. The Hall–Kier alpha value is -3.48. The van der Waals surface area contributed by atoms with Gasteiger partial charge in [-0.3, -0.25) is 9.78 Å². The van der Waals surface area contributed by atoms with Crippen molar-refractivity contribution in [2.75, 3.05) is 13.1 Å². The van der Waals surface area contributed by atoms with Crippen molar-refractivity contribution in [2.24, 2.45) is 5.92 Å². The molecule has 1 aromatic carbocycles. The van der Waals surface area contributed by atoms with Crippen LogP contribution in [0.4, 0.5) is 0 Å². The van der Waals surface area contributed by atoms with Crippen molar-refractivity contribution >= 4 is 16.8 Å². The number of likely N-dealkylation sites (tertiary alicyclic amines) is 1. The third-order valence-electron chi connectivity index (χ3n) is 5.66. The van der Waals surface area contributed by atoms with Gasteiger partial charge < -0.3 is 14.4 Å².